The van der Waals surface area contributed by atoms with Crippen LogP contribution in [-0.4, -0.2) is 38.5 Å². The molecule has 0 spiro atoms. The summed E-state index contributed by atoms with van der Waals surface area (Å²) in [7, 11) is 3.49. The van der Waals surface area contributed by atoms with E-state index >= 15 is 0 Å². The fourth-order valence-electron chi connectivity index (χ4n) is 2.72. The predicted molar refractivity (Wildman–Crippen MR) is 112 cm³/mol. The Hall–Kier alpha value is -2.91. The number of ether oxygens (including phenoxy) is 1. The number of nitrogens with zero attached hydrogens (tertiary/aromatic N) is 4. The van der Waals surface area contributed by atoms with E-state index in [0.717, 1.165) is 21.5 Å². The Morgan fingerprint density at radius 3 is 2.79 bits per heavy atom. The maximum absolute atomic E-state index is 12.3. The molecule has 0 aliphatic rings. The molecule has 0 radical (unpaired) electrons. The molecular formula is C19H17N5O2S2. The van der Waals surface area contributed by atoms with Crippen LogP contribution in [0.2, 0.25) is 0 Å². The summed E-state index contributed by atoms with van der Waals surface area (Å²) in [5.41, 5.74) is 1.73. The third-order valence-electron chi connectivity index (χ3n) is 4.06. The van der Waals surface area contributed by atoms with Crippen molar-refractivity contribution in [2.24, 2.45) is 7.05 Å². The lowest BCUT2D eigenvalue weighted by Gasteiger charge is -2.08. The minimum Gasteiger partial charge on any atom is -0.496 e. The van der Waals surface area contributed by atoms with Crippen molar-refractivity contribution in [2.75, 3.05) is 18.2 Å². The van der Waals surface area contributed by atoms with Gasteiger partial charge in [-0.1, -0.05) is 47.4 Å². The zero-order valence-electron chi connectivity index (χ0n) is 15.2. The van der Waals surface area contributed by atoms with Crippen LogP contribution in [0.1, 0.15) is 0 Å². The van der Waals surface area contributed by atoms with E-state index in [0.29, 0.717) is 16.1 Å². The van der Waals surface area contributed by atoms with E-state index in [1.165, 1.54) is 23.1 Å². The van der Waals surface area contributed by atoms with Crippen LogP contribution in [0.3, 0.4) is 0 Å². The molecule has 28 heavy (non-hydrogen) atoms. The molecule has 4 aromatic rings. The monoisotopic (exact) mass is 411 g/mol. The number of fused-ring (bicyclic) bond motifs is 1. The number of amides is 1. The highest BCUT2D eigenvalue weighted by atomic mass is 32.2. The van der Waals surface area contributed by atoms with Crippen LogP contribution >= 0.6 is 23.1 Å². The van der Waals surface area contributed by atoms with Gasteiger partial charge in [-0.05, 0) is 24.3 Å². The summed E-state index contributed by atoms with van der Waals surface area (Å²) in [5.74, 6) is 1.49. The molecule has 0 aliphatic carbocycles. The average Bonchev–Trinajstić information content (AvgIpc) is 3.28. The first-order chi connectivity index (χ1) is 13.7. The maximum atomic E-state index is 12.3. The van der Waals surface area contributed by atoms with Crippen molar-refractivity contribution >= 4 is 44.4 Å². The molecule has 0 unspecified atom stereocenters. The normalized spacial score (nSPS) is 10.9. The van der Waals surface area contributed by atoms with Gasteiger partial charge in [0.15, 0.2) is 16.1 Å². The fraction of sp³-hybridized carbons (Fsp3) is 0.158. The minimum atomic E-state index is -0.133. The predicted octanol–water partition coefficient (Wildman–Crippen LogP) is 3.83. The number of hydrogen-bond acceptors (Lipinski definition) is 7. The quantitative estimate of drug-likeness (QED) is 0.486. The number of methoxy groups -OCH3 is 1. The van der Waals surface area contributed by atoms with Gasteiger partial charge in [0.2, 0.25) is 5.91 Å². The number of anilines is 1. The van der Waals surface area contributed by atoms with Crippen LogP contribution in [0.15, 0.2) is 53.7 Å². The van der Waals surface area contributed by atoms with Crippen LogP contribution < -0.4 is 10.1 Å². The lowest BCUT2D eigenvalue weighted by atomic mass is 10.2. The summed E-state index contributed by atoms with van der Waals surface area (Å²) < 4.78 is 8.29. The molecule has 0 saturated heterocycles. The van der Waals surface area contributed by atoms with Crippen molar-refractivity contribution in [1.82, 2.24) is 19.7 Å². The van der Waals surface area contributed by atoms with Crippen molar-refractivity contribution in [2.45, 2.75) is 5.16 Å². The van der Waals surface area contributed by atoms with Crippen LogP contribution in [0.4, 0.5) is 5.13 Å². The third-order valence-corrected chi connectivity index (χ3v) is 6.03. The van der Waals surface area contributed by atoms with Gasteiger partial charge in [0.25, 0.3) is 0 Å². The second-order valence-electron chi connectivity index (χ2n) is 5.89. The Bertz CT molecular complexity index is 1110. The summed E-state index contributed by atoms with van der Waals surface area (Å²) >= 11 is 2.78. The number of carbonyl (C=O) groups is 1. The first kappa shape index (κ1) is 18.5. The molecule has 4 rings (SSSR count). The molecule has 0 bridgehead atoms. The molecule has 2 heterocycles. The number of carbonyl (C=O) groups excluding carboxylic acids is 1. The maximum Gasteiger partial charge on any atom is 0.236 e. The molecule has 0 fully saturated rings. The van der Waals surface area contributed by atoms with Gasteiger partial charge >= 0.3 is 0 Å². The lowest BCUT2D eigenvalue weighted by Crippen LogP contribution is -2.14. The van der Waals surface area contributed by atoms with Gasteiger partial charge in [0.05, 0.1) is 28.6 Å². The lowest BCUT2D eigenvalue weighted by molar-refractivity contribution is -0.113. The Balaban J connectivity index is 1.43. The van der Waals surface area contributed by atoms with Gasteiger partial charge < -0.3 is 14.6 Å². The topological polar surface area (TPSA) is 81.9 Å². The highest BCUT2D eigenvalue weighted by Crippen LogP contribution is 2.30. The minimum absolute atomic E-state index is 0.133. The van der Waals surface area contributed by atoms with Crippen LogP contribution in [-0.2, 0) is 11.8 Å². The number of aromatic nitrogens is 4. The van der Waals surface area contributed by atoms with Crippen molar-refractivity contribution in [3.63, 3.8) is 0 Å². The van der Waals surface area contributed by atoms with Crippen LogP contribution in [0, 0.1) is 0 Å². The molecule has 7 nitrogen and oxygen atoms in total. The molecular weight excluding hydrogens is 394 g/mol. The molecule has 1 N–H and O–H groups in total. The first-order valence-electron chi connectivity index (χ1n) is 8.46. The number of thiazole rings is 1. The molecule has 2 aromatic carbocycles. The zero-order chi connectivity index (χ0) is 19.5. The van der Waals surface area contributed by atoms with E-state index in [1.54, 1.807) is 7.11 Å². The number of rotatable bonds is 6. The number of nitrogens with one attached hydrogen (secondary N) is 1. The fourth-order valence-corrected chi connectivity index (χ4v) is 4.31. The van der Waals surface area contributed by atoms with Gasteiger partial charge in [-0.2, -0.15) is 0 Å². The SMILES string of the molecule is COc1ccccc1-c1nnc(SCC(=O)Nc2nc3ccccc3s2)n1C. The molecule has 2 aromatic heterocycles. The van der Waals surface area contributed by atoms with Gasteiger partial charge in [0, 0.05) is 7.05 Å². The number of para-hydroxylation sites is 2. The Morgan fingerprint density at radius 1 is 1.18 bits per heavy atom. The van der Waals surface area contributed by atoms with Crippen molar-refractivity contribution in [3.8, 4) is 17.1 Å². The largest absolute Gasteiger partial charge is 0.496 e. The van der Waals surface area contributed by atoms with E-state index in [9.17, 15) is 4.79 Å². The molecule has 142 valence electrons. The molecule has 1 amide bonds. The van der Waals surface area contributed by atoms with E-state index in [4.69, 9.17) is 4.74 Å². The number of hydrogen-bond donors (Lipinski definition) is 1. The van der Waals surface area contributed by atoms with Crippen molar-refractivity contribution < 1.29 is 9.53 Å². The van der Waals surface area contributed by atoms with E-state index < -0.39 is 0 Å². The van der Waals surface area contributed by atoms with E-state index in [2.05, 4.69) is 20.5 Å². The second kappa shape index (κ2) is 7.99. The van der Waals surface area contributed by atoms with Crippen molar-refractivity contribution in [1.29, 1.82) is 0 Å². The van der Waals surface area contributed by atoms with Gasteiger partial charge in [0.1, 0.15) is 5.75 Å². The Labute approximate surface area is 169 Å². The smallest absolute Gasteiger partial charge is 0.236 e. The van der Waals surface area contributed by atoms with Crippen LogP contribution in [0.25, 0.3) is 21.6 Å². The summed E-state index contributed by atoms with van der Waals surface area (Å²) in [6, 6.07) is 15.4. The highest BCUT2D eigenvalue weighted by molar-refractivity contribution is 7.99. The highest BCUT2D eigenvalue weighted by Gasteiger charge is 2.16. The molecule has 0 aliphatic heterocycles. The van der Waals surface area contributed by atoms with E-state index in [1.807, 2.05) is 60.1 Å². The number of benzene rings is 2. The van der Waals surface area contributed by atoms with Gasteiger partial charge in [-0.15, -0.1) is 10.2 Å². The summed E-state index contributed by atoms with van der Waals surface area (Å²) in [4.78, 5) is 16.7. The standard InChI is InChI=1S/C19H17N5O2S2/c1-24-17(12-7-3-5-9-14(12)26-2)22-23-19(24)27-11-16(25)21-18-20-13-8-4-6-10-15(13)28-18/h3-10H,11H2,1-2H3,(H,20,21,25). The number of thioether (sulfide) groups is 1. The zero-order valence-corrected chi connectivity index (χ0v) is 16.9. The Kier molecular flexibility index (Phi) is 5.27. The third kappa shape index (κ3) is 3.71. The Morgan fingerprint density at radius 2 is 1.96 bits per heavy atom. The average molecular weight is 412 g/mol. The second-order valence-corrected chi connectivity index (χ2v) is 7.86. The summed E-state index contributed by atoms with van der Waals surface area (Å²) in [6.07, 6.45) is 0. The molecule has 0 saturated carbocycles. The summed E-state index contributed by atoms with van der Waals surface area (Å²) in [5, 5.41) is 12.6. The van der Waals surface area contributed by atoms with Gasteiger partial charge in [-0.25, -0.2) is 4.98 Å². The first-order valence-corrected chi connectivity index (χ1v) is 10.3. The van der Waals surface area contributed by atoms with Crippen molar-refractivity contribution in [3.05, 3.63) is 48.5 Å². The summed E-state index contributed by atoms with van der Waals surface area (Å²) in [6.45, 7) is 0. The molecule has 0 atom stereocenters. The van der Waals surface area contributed by atoms with Crippen LogP contribution in [0.5, 0.6) is 5.75 Å². The van der Waals surface area contributed by atoms with Gasteiger partial charge in [-0.3, -0.25) is 4.79 Å². The van der Waals surface area contributed by atoms with E-state index in [-0.39, 0.29) is 11.7 Å². The molecule has 9 heteroatoms.